The lowest BCUT2D eigenvalue weighted by Crippen LogP contribution is -2.24. The third-order valence-electron chi connectivity index (χ3n) is 2.56. The molecule has 0 aromatic carbocycles. The molecule has 21 heavy (non-hydrogen) atoms. The minimum absolute atomic E-state index is 0.347. The molecular formula is C13H11ClN4O3. The quantitative estimate of drug-likeness (QED) is 0.483. The Bertz CT molecular complexity index is 725. The predicted molar refractivity (Wildman–Crippen MR) is 75.2 cm³/mol. The van der Waals surface area contributed by atoms with Crippen molar-refractivity contribution >= 4 is 17.5 Å². The molecule has 0 atom stereocenters. The highest BCUT2D eigenvalue weighted by Crippen LogP contribution is 2.05. The van der Waals surface area contributed by atoms with Crippen LogP contribution in [0.5, 0.6) is 0 Å². The lowest BCUT2D eigenvalue weighted by atomic mass is 10.3. The summed E-state index contributed by atoms with van der Waals surface area (Å²) in [5.41, 5.74) is 1.22. The molecule has 0 radical (unpaired) electrons. The van der Waals surface area contributed by atoms with E-state index in [1.165, 1.54) is 0 Å². The molecule has 0 saturated heterocycles. The van der Waals surface area contributed by atoms with Gasteiger partial charge in [-0.3, -0.25) is 14.9 Å². The number of carbonyl (C=O) groups excluding carboxylic acids is 1. The van der Waals surface area contributed by atoms with Crippen LogP contribution in [0.4, 0.5) is 0 Å². The number of hydrogen-bond acceptors (Lipinski definition) is 4. The Morgan fingerprint density at radius 2 is 2.19 bits per heavy atom. The highest BCUT2D eigenvalue weighted by molar-refractivity contribution is 6.29. The van der Waals surface area contributed by atoms with Crippen LogP contribution in [0.15, 0.2) is 47.7 Å². The number of amides is 1. The van der Waals surface area contributed by atoms with E-state index in [0.717, 1.165) is 5.56 Å². The normalized spacial score (nSPS) is 11.4. The number of halogens is 1. The van der Waals surface area contributed by atoms with Crippen LogP contribution in [-0.4, -0.2) is 26.9 Å². The van der Waals surface area contributed by atoms with Gasteiger partial charge in [-0.15, -0.1) is 0 Å². The van der Waals surface area contributed by atoms with Crippen LogP contribution in [0.25, 0.3) is 0 Å². The molecule has 0 spiro atoms. The summed E-state index contributed by atoms with van der Waals surface area (Å²) in [6, 6.07) is 8.56. The van der Waals surface area contributed by atoms with E-state index < -0.39 is 17.4 Å². The first-order valence-corrected chi connectivity index (χ1v) is 6.37. The summed E-state index contributed by atoms with van der Waals surface area (Å²) < 4.78 is 1.70. The molecule has 2 heterocycles. The van der Waals surface area contributed by atoms with E-state index in [-0.39, 0.29) is 0 Å². The molecule has 8 heteroatoms. The van der Waals surface area contributed by atoms with Crippen molar-refractivity contribution in [3.8, 4) is 0 Å². The lowest BCUT2D eigenvalue weighted by molar-refractivity contribution is -0.467. The van der Waals surface area contributed by atoms with Gasteiger partial charge in [-0.05, 0) is 23.8 Å². The fraction of sp³-hybridized carbons (Fsp3) is 0.154. The van der Waals surface area contributed by atoms with Crippen molar-refractivity contribution in [2.24, 2.45) is 4.99 Å². The highest BCUT2D eigenvalue weighted by atomic mass is 35.5. The summed E-state index contributed by atoms with van der Waals surface area (Å²) in [5.74, 6) is -0.797. The van der Waals surface area contributed by atoms with Crippen LogP contribution in [-0.2, 0) is 11.3 Å². The van der Waals surface area contributed by atoms with Crippen molar-refractivity contribution in [1.82, 2.24) is 9.55 Å². The molecule has 0 aliphatic carbocycles. The number of aromatic nitrogens is 2. The Labute approximate surface area is 124 Å². The second kappa shape index (κ2) is 6.76. The Morgan fingerprint density at radius 1 is 1.38 bits per heavy atom. The summed E-state index contributed by atoms with van der Waals surface area (Å²) in [5, 5.41) is 10.7. The lowest BCUT2D eigenvalue weighted by Gasteiger charge is -2.06. The zero-order valence-corrected chi connectivity index (χ0v) is 11.6. The zero-order valence-electron chi connectivity index (χ0n) is 10.8. The molecule has 0 unspecified atom stereocenters. The Morgan fingerprint density at radius 3 is 2.86 bits per heavy atom. The third-order valence-corrected chi connectivity index (χ3v) is 2.79. The fourth-order valence-corrected chi connectivity index (χ4v) is 1.78. The number of hydrogen-bond donors (Lipinski definition) is 0. The van der Waals surface area contributed by atoms with Crippen molar-refractivity contribution in [2.45, 2.75) is 6.54 Å². The molecular weight excluding hydrogens is 296 g/mol. The van der Waals surface area contributed by atoms with Crippen LogP contribution >= 0.6 is 11.6 Å². The zero-order chi connectivity index (χ0) is 15.2. The van der Waals surface area contributed by atoms with Crippen LogP contribution in [0, 0.1) is 10.1 Å². The molecule has 2 aromatic rings. The number of carbonyl (C=O) groups is 1. The van der Waals surface area contributed by atoms with E-state index in [9.17, 15) is 14.9 Å². The van der Waals surface area contributed by atoms with E-state index in [1.54, 1.807) is 47.3 Å². The predicted octanol–water partition coefficient (Wildman–Crippen LogP) is 1.29. The van der Waals surface area contributed by atoms with Gasteiger partial charge in [0.2, 0.25) is 0 Å². The van der Waals surface area contributed by atoms with Gasteiger partial charge in [0, 0.05) is 17.3 Å². The second-order valence-corrected chi connectivity index (χ2v) is 4.56. The van der Waals surface area contributed by atoms with Gasteiger partial charge in [-0.2, -0.15) is 4.99 Å². The van der Waals surface area contributed by atoms with Crippen molar-refractivity contribution < 1.29 is 9.72 Å². The van der Waals surface area contributed by atoms with E-state index in [4.69, 9.17) is 11.6 Å². The Hall–Kier alpha value is -2.54. The summed E-state index contributed by atoms with van der Waals surface area (Å²) in [6.07, 6.45) is 3.35. The van der Waals surface area contributed by atoms with Crippen LogP contribution in [0.2, 0.25) is 5.15 Å². The molecule has 0 saturated carbocycles. The summed E-state index contributed by atoms with van der Waals surface area (Å²) in [4.78, 5) is 28.7. The van der Waals surface area contributed by atoms with E-state index in [1.807, 2.05) is 0 Å². The van der Waals surface area contributed by atoms with Gasteiger partial charge < -0.3 is 4.57 Å². The first-order chi connectivity index (χ1) is 10.0. The number of nitro groups is 1. The van der Waals surface area contributed by atoms with Gasteiger partial charge in [-0.1, -0.05) is 23.7 Å². The smallest absolute Gasteiger partial charge is 0.319 e. The molecule has 0 fully saturated rings. The summed E-state index contributed by atoms with van der Waals surface area (Å²) in [7, 11) is 0. The van der Waals surface area contributed by atoms with Crippen molar-refractivity contribution in [2.75, 3.05) is 6.54 Å². The Balaban J connectivity index is 2.28. The van der Waals surface area contributed by atoms with Crippen molar-refractivity contribution in [1.29, 1.82) is 0 Å². The molecule has 2 rings (SSSR count). The maximum absolute atomic E-state index is 11.4. The summed E-state index contributed by atoms with van der Waals surface area (Å²) >= 11 is 5.72. The molecule has 0 N–H and O–H groups in total. The maximum atomic E-state index is 11.4. The van der Waals surface area contributed by atoms with Gasteiger partial charge in [0.05, 0.1) is 6.54 Å². The van der Waals surface area contributed by atoms with Crippen LogP contribution < -0.4 is 5.49 Å². The largest absolute Gasteiger partial charge is 0.328 e. The average Bonchev–Trinajstić information content (AvgIpc) is 2.42. The molecule has 0 bridgehead atoms. The van der Waals surface area contributed by atoms with Crippen LogP contribution in [0.1, 0.15) is 5.56 Å². The highest BCUT2D eigenvalue weighted by Gasteiger charge is 2.07. The van der Waals surface area contributed by atoms with Crippen molar-refractivity contribution in [3.63, 3.8) is 0 Å². The average molecular weight is 307 g/mol. The summed E-state index contributed by atoms with van der Waals surface area (Å²) in [6.45, 7) is -0.396. The minimum atomic E-state index is -0.822. The van der Waals surface area contributed by atoms with Gasteiger partial charge >= 0.3 is 5.91 Å². The van der Waals surface area contributed by atoms with Gasteiger partial charge in [0.15, 0.2) is 0 Å². The van der Waals surface area contributed by atoms with Crippen molar-refractivity contribution in [3.05, 3.63) is 69.0 Å². The molecule has 0 aliphatic rings. The van der Waals surface area contributed by atoms with E-state index in [0.29, 0.717) is 17.2 Å². The first-order valence-electron chi connectivity index (χ1n) is 6.00. The number of nitrogens with zero attached hydrogens (tertiary/aromatic N) is 4. The fourth-order valence-electron chi connectivity index (χ4n) is 1.67. The van der Waals surface area contributed by atoms with Gasteiger partial charge in [0.1, 0.15) is 10.6 Å². The molecule has 108 valence electrons. The number of pyridine rings is 2. The van der Waals surface area contributed by atoms with E-state index >= 15 is 0 Å². The Kier molecular flexibility index (Phi) is 4.78. The standard InChI is InChI=1S/C13H11ClN4O3/c14-11-5-4-10(7-15-11)8-17-6-2-1-3-12(17)16-13(19)9-18(20)21/h1-7H,8-9H2/b16-12+. The second-order valence-electron chi connectivity index (χ2n) is 4.17. The van der Waals surface area contributed by atoms with Gasteiger partial charge in [0.25, 0.3) is 6.54 Å². The molecule has 2 aromatic heterocycles. The van der Waals surface area contributed by atoms with Gasteiger partial charge in [-0.25, -0.2) is 4.98 Å². The monoisotopic (exact) mass is 306 g/mol. The molecule has 1 amide bonds. The minimum Gasteiger partial charge on any atom is -0.328 e. The number of rotatable bonds is 4. The van der Waals surface area contributed by atoms with E-state index in [2.05, 4.69) is 9.98 Å². The molecule has 7 nitrogen and oxygen atoms in total. The molecule has 0 aliphatic heterocycles. The first kappa shape index (κ1) is 14.9. The third kappa shape index (κ3) is 4.50. The maximum Gasteiger partial charge on any atom is 0.319 e. The van der Waals surface area contributed by atoms with Crippen LogP contribution in [0.3, 0.4) is 0 Å². The SMILES string of the molecule is O=C(C[N+](=O)[O-])/N=c1\ccccn1Cc1ccc(Cl)nc1. The topological polar surface area (TPSA) is 90.4 Å².